The number of β-amino-alcohol motifs (C(OH)–C–C–N with tert-alkyl or cyclic N) is 1. The maximum atomic E-state index is 14.4. The van der Waals surface area contributed by atoms with Crippen LogP contribution in [0.3, 0.4) is 0 Å². The van der Waals surface area contributed by atoms with Gasteiger partial charge in [0.15, 0.2) is 5.65 Å². The number of rotatable bonds is 4. The summed E-state index contributed by atoms with van der Waals surface area (Å²) in [7, 11) is 0. The van der Waals surface area contributed by atoms with Crippen LogP contribution in [-0.2, 0) is 0 Å². The van der Waals surface area contributed by atoms with Crippen LogP contribution in [0.1, 0.15) is 24.4 Å². The molecule has 2 fully saturated rings. The third-order valence-electron chi connectivity index (χ3n) is 5.63. The van der Waals surface area contributed by atoms with Gasteiger partial charge in [-0.15, -0.1) is 5.10 Å². The van der Waals surface area contributed by atoms with E-state index in [-0.39, 0.29) is 35.7 Å². The Kier molecular flexibility index (Phi) is 4.90. The Balaban J connectivity index is 1.48. The zero-order valence-corrected chi connectivity index (χ0v) is 16.5. The average molecular weight is 448 g/mol. The van der Waals surface area contributed by atoms with E-state index < -0.39 is 47.9 Å². The number of aliphatic hydroxyl groups is 2. The maximum Gasteiger partial charge on any atom is 0.319 e. The molecule has 1 aromatic carbocycles. The Morgan fingerprint density at radius 2 is 1.94 bits per heavy atom. The molecule has 168 valence electrons. The van der Waals surface area contributed by atoms with Crippen LogP contribution in [0.2, 0.25) is 0 Å². The molecular weight excluding hydrogens is 429 g/mol. The van der Waals surface area contributed by atoms with Gasteiger partial charge in [0.25, 0.3) is 5.95 Å². The van der Waals surface area contributed by atoms with Gasteiger partial charge >= 0.3 is 6.03 Å². The van der Waals surface area contributed by atoms with Crippen molar-refractivity contribution in [3.63, 3.8) is 0 Å². The zero-order chi connectivity index (χ0) is 22.6. The van der Waals surface area contributed by atoms with E-state index in [2.05, 4.69) is 20.7 Å². The van der Waals surface area contributed by atoms with Gasteiger partial charge in [-0.2, -0.15) is 4.39 Å². The monoisotopic (exact) mass is 448 g/mol. The topological polar surface area (TPSA) is 115 Å². The van der Waals surface area contributed by atoms with Crippen LogP contribution in [0.15, 0.2) is 30.5 Å². The Morgan fingerprint density at radius 1 is 1.16 bits per heavy atom. The third kappa shape index (κ3) is 3.71. The number of aliphatic hydroxyl groups excluding tert-OH is 2. The number of aromatic nitrogens is 3. The Labute approximate surface area is 179 Å². The summed E-state index contributed by atoms with van der Waals surface area (Å²) in [5, 5.41) is 28.1. The van der Waals surface area contributed by atoms with Crippen molar-refractivity contribution in [1.29, 1.82) is 0 Å². The van der Waals surface area contributed by atoms with Crippen LogP contribution in [0.5, 0.6) is 0 Å². The van der Waals surface area contributed by atoms with Gasteiger partial charge in [0, 0.05) is 18.3 Å². The largest absolute Gasteiger partial charge is 0.391 e. The fraction of sp³-hybridized carbons (Fsp3) is 0.350. The molecule has 0 radical (unpaired) electrons. The first-order valence-corrected chi connectivity index (χ1v) is 10.0. The van der Waals surface area contributed by atoms with Crippen molar-refractivity contribution in [3.05, 3.63) is 53.6 Å². The lowest BCUT2D eigenvalue weighted by molar-refractivity contribution is 0.194. The van der Waals surface area contributed by atoms with Crippen molar-refractivity contribution in [3.8, 4) is 0 Å². The number of fused-ring (bicyclic) bond motifs is 1. The SMILES string of the molecule is O=C(Nc1c(F)nn2ccc(N3C[C@H](O)C[C@@H]3c3cc(F)ccc3F)nc12)N[C@@H]1C[C@H]1O. The van der Waals surface area contributed by atoms with E-state index in [0.717, 1.165) is 22.7 Å². The Morgan fingerprint density at radius 3 is 2.69 bits per heavy atom. The van der Waals surface area contributed by atoms with Gasteiger partial charge in [0.2, 0.25) is 0 Å². The standard InChI is InChI=1S/C20H19F3N6O3/c21-9-1-2-12(22)11(5-9)14-6-10(30)8-28(14)16-3-4-29-19(25-16)17(18(23)27-29)26-20(32)24-13-7-15(13)31/h1-5,10,13-15,30-31H,6-8H2,(H2,24,26,32)/t10-,13-,14-,15-/m1/s1. The van der Waals surface area contributed by atoms with Gasteiger partial charge in [-0.3, -0.25) is 0 Å². The molecule has 2 amide bonds. The number of amides is 2. The molecule has 0 bridgehead atoms. The number of halogens is 3. The van der Waals surface area contributed by atoms with Crippen LogP contribution < -0.4 is 15.5 Å². The molecule has 12 heteroatoms. The average Bonchev–Trinajstić information content (AvgIpc) is 3.15. The number of carbonyl (C=O) groups excluding carboxylic acids is 1. The van der Waals surface area contributed by atoms with E-state index in [1.807, 2.05) is 0 Å². The van der Waals surface area contributed by atoms with Crippen LogP contribution in [0.25, 0.3) is 5.65 Å². The van der Waals surface area contributed by atoms with Gasteiger partial charge in [0.05, 0.1) is 24.3 Å². The van der Waals surface area contributed by atoms with E-state index >= 15 is 0 Å². The summed E-state index contributed by atoms with van der Waals surface area (Å²) < 4.78 is 43.7. The number of nitrogens with one attached hydrogen (secondary N) is 2. The predicted molar refractivity (Wildman–Crippen MR) is 107 cm³/mol. The second-order valence-electron chi connectivity index (χ2n) is 7.95. The Bertz CT molecular complexity index is 1200. The second-order valence-corrected chi connectivity index (χ2v) is 7.95. The van der Waals surface area contributed by atoms with Crippen LogP contribution >= 0.6 is 0 Å². The van der Waals surface area contributed by atoms with Crippen molar-refractivity contribution >= 4 is 23.2 Å². The number of benzene rings is 1. The fourth-order valence-electron chi connectivity index (χ4n) is 3.95. The minimum Gasteiger partial charge on any atom is -0.391 e. The molecule has 2 aliphatic rings. The molecular formula is C20H19F3N6O3. The lowest BCUT2D eigenvalue weighted by Crippen LogP contribution is -2.32. The summed E-state index contributed by atoms with van der Waals surface area (Å²) in [6.45, 7) is 0.100. The van der Waals surface area contributed by atoms with Gasteiger partial charge in [-0.25, -0.2) is 23.1 Å². The molecule has 2 aromatic heterocycles. The van der Waals surface area contributed by atoms with Gasteiger partial charge in [0.1, 0.15) is 23.1 Å². The number of hydrogen-bond acceptors (Lipinski definition) is 6. The summed E-state index contributed by atoms with van der Waals surface area (Å²) in [6.07, 6.45) is 0.551. The molecule has 1 saturated heterocycles. The predicted octanol–water partition coefficient (Wildman–Crippen LogP) is 1.71. The van der Waals surface area contributed by atoms with Crippen molar-refractivity contribution < 1.29 is 28.2 Å². The summed E-state index contributed by atoms with van der Waals surface area (Å²) >= 11 is 0. The lowest BCUT2D eigenvalue weighted by atomic mass is 10.0. The highest BCUT2D eigenvalue weighted by Crippen LogP contribution is 2.37. The molecule has 32 heavy (non-hydrogen) atoms. The lowest BCUT2D eigenvalue weighted by Gasteiger charge is -2.26. The first-order valence-electron chi connectivity index (χ1n) is 10.0. The molecule has 9 nitrogen and oxygen atoms in total. The summed E-state index contributed by atoms with van der Waals surface area (Å²) in [5.74, 6) is -1.92. The van der Waals surface area contributed by atoms with Crippen molar-refractivity contribution in [2.75, 3.05) is 16.8 Å². The number of carbonyl (C=O) groups is 1. The molecule has 1 saturated carbocycles. The summed E-state index contributed by atoms with van der Waals surface area (Å²) in [5.41, 5.74) is -0.206. The van der Waals surface area contributed by atoms with E-state index in [9.17, 15) is 28.2 Å². The molecule has 0 spiro atoms. The summed E-state index contributed by atoms with van der Waals surface area (Å²) in [6, 6.07) is 2.81. The quantitative estimate of drug-likeness (QED) is 0.483. The van der Waals surface area contributed by atoms with Gasteiger partial charge in [-0.1, -0.05) is 0 Å². The number of nitrogens with zero attached hydrogens (tertiary/aromatic N) is 4. The first kappa shape index (κ1) is 20.5. The highest BCUT2D eigenvalue weighted by Gasteiger charge is 2.37. The second kappa shape index (κ2) is 7.64. The van der Waals surface area contributed by atoms with Crippen LogP contribution in [0, 0.1) is 17.6 Å². The molecule has 3 aromatic rings. The Hall–Kier alpha value is -3.38. The smallest absolute Gasteiger partial charge is 0.319 e. The van der Waals surface area contributed by atoms with Gasteiger partial charge in [-0.05, 0) is 37.1 Å². The van der Waals surface area contributed by atoms with Crippen LogP contribution in [0.4, 0.5) is 29.5 Å². The number of anilines is 2. The summed E-state index contributed by atoms with van der Waals surface area (Å²) in [4.78, 5) is 18.1. The zero-order valence-electron chi connectivity index (χ0n) is 16.5. The molecule has 4 N–H and O–H groups in total. The van der Waals surface area contributed by atoms with Gasteiger partial charge < -0.3 is 25.7 Å². The normalized spacial score (nSPS) is 24.7. The fourth-order valence-corrected chi connectivity index (χ4v) is 3.95. The minimum absolute atomic E-state index is 0.00801. The molecule has 1 aliphatic carbocycles. The van der Waals surface area contributed by atoms with Crippen LogP contribution in [-0.4, -0.2) is 55.6 Å². The molecule has 5 rings (SSSR count). The number of urea groups is 1. The van der Waals surface area contributed by atoms with E-state index in [0.29, 0.717) is 6.42 Å². The van der Waals surface area contributed by atoms with Crippen molar-refractivity contribution in [2.24, 2.45) is 0 Å². The maximum absolute atomic E-state index is 14.4. The minimum atomic E-state index is -0.963. The first-order chi connectivity index (χ1) is 15.3. The van der Waals surface area contributed by atoms with E-state index in [1.165, 1.54) is 12.3 Å². The molecule has 1 aliphatic heterocycles. The van der Waals surface area contributed by atoms with E-state index in [1.54, 1.807) is 4.90 Å². The van der Waals surface area contributed by atoms with Crippen molar-refractivity contribution in [2.45, 2.75) is 37.1 Å². The third-order valence-corrected chi connectivity index (χ3v) is 5.63. The van der Waals surface area contributed by atoms with Crippen molar-refractivity contribution in [1.82, 2.24) is 19.9 Å². The molecule has 3 heterocycles. The highest BCUT2D eigenvalue weighted by molar-refractivity contribution is 5.93. The molecule has 4 atom stereocenters. The highest BCUT2D eigenvalue weighted by atomic mass is 19.1. The molecule has 0 unspecified atom stereocenters. The number of hydrogen-bond donors (Lipinski definition) is 4. The van der Waals surface area contributed by atoms with E-state index in [4.69, 9.17) is 0 Å².